The third-order valence-electron chi connectivity index (χ3n) is 3.64. The van der Waals surface area contributed by atoms with Crippen molar-refractivity contribution in [3.05, 3.63) is 12.4 Å². The number of rotatable bonds is 3. The molecule has 2 aromatic heterocycles. The third-order valence-corrected chi connectivity index (χ3v) is 3.64. The molecule has 0 unspecified atom stereocenters. The Kier molecular flexibility index (Phi) is 3.29. The lowest BCUT2D eigenvalue weighted by Gasteiger charge is -2.13. The monoisotopic (exact) mass is 278 g/mol. The maximum absolute atomic E-state index is 13.6. The number of imidazole rings is 1. The minimum Gasteiger partial charge on any atom is -0.364 e. The number of aromatic nitrogens is 4. The molecule has 2 aromatic rings. The largest absolute Gasteiger partial charge is 0.364 e. The first-order chi connectivity index (χ1) is 9.54. The molecule has 0 saturated carbocycles. The maximum atomic E-state index is 13.6. The predicted octanol–water partition coefficient (Wildman–Crippen LogP) is 1.71. The quantitative estimate of drug-likeness (QED) is 0.837. The molecule has 3 heterocycles. The lowest BCUT2D eigenvalue weighted by molar-refractivity contribution is 0.537. The van der Waals surface area contributed by atoms with Gasteiger partial charge in [-0.05, 0) is 27.2 Å². The molecule has 108 valence electrons. The van der Waals surface area contributed by atoms with Crippen LogP contribution < -0.4 is 10.6 Å². The Labute approximate surface area is 116 Å². The van der Waals surface area contributed by atoms with Crippen molar-refractivity contribution in [3.8, 4) is 0 Å². The molecule has 7 heteroatoms. The molecular formula is C13H19FN6. The van der Waals surface area contributed by atoms with Gasteiger partial charge >= 0.3 is 6.08 Å². The average molecular weight is 278 g/mol. The summed E-state index contributed by atoms with van der Waals surface area (Å²) in [5.41, 5.74) is 1.16. The molecule has 0 bridgehead atoms. The fourth-order valence-corrected chi connectivity index (χ4v) is 2.61. The van der Waals surface area contributed by atoms with Crippen molar-refractivity contribution in [3.63, 3.8) is 0 Å². The van der Waals surface area contributed by atoms with Gasteiger partial charge in [0, 0.05) is 24.7 Å². The van der Waals surface area contributed by atoms with Crippen LogP contribution in [0.3, 0.4) is 0 Å². The lowest BCUT2D eigenvalue weighted by Crippen LogP contribution is -2.23. The van der Waals surface area contributed by atoms with E-state index in [9.17, 15) is 4.39 Å². The van der Waals surface area contributed by atoms with E-state index in [1.807, 2.05) is 18.4 Å². The Morgan fingerprint density at radius 3 is 2.90 bits per heavy atom. The van der Waals surface area contributed by atoms with Crippen LogP contribution in [0.5, 0.6) is 0 Å². The zero-order valence-corrected chi connectivity index (χ0v) is 11.9. The second-order valence-electron chi connectivity index (χ2n) is 5.65. The molecule has 2 atom stereocenters. The van der Waals surface area contributed by atoms with Crippen LogP contribution in [0.25, 0.3) is 11.2 Å². The molecule has 3 rings (SSSR count). The molecule has 1 aliphatic heterocycles. The fourth-order valence-electron chi connectivity index (χ4n) is 2.61. The van der Waals surface area contributed by atoms with Gasteiger partial charge in [0.1, 0.15) is 0 Å². The van der Waals surface area contributed by atoms with E-state index in [1.165, 1.54) is 0 Å². The predicted molar refractivity (Wildman–Crippen MR) is 75.2 cm³/mol. The second-order valence-corrected chi connectivity index (χ2v) is 5.65. The number of nitrogens with zero attached hydrogens (tertiary/aromatic N) is 4. The Bertz CT molecular complexity index is 623. The number of halogens is 1. The number of anilines is 1. The highest BCUT2D eigenvalue weighted by Crippen LogP contribution is 2.23. The van der Waals surface area contributed by atoms with Gasteiger partial charge < -0.3 is 15.2 Å². The van der Waals surface area contributed by atoms with Gasteiger partial charge in [-0.15, -0.1) is 0 Å². The molecule has 0 aliphatic carbocycles. The van der Waals surface area contributed by atoms with Crippen molar-refractivity contribution in [2.75, 3.05) is 11.9 Å². The molecule has 2 N–H and O–H groups in total. The number of fused-ring (bicyclic) bond motifs is 1. The highest BCUT2D eigenvalue weighted by Gasteiger charge is 2.23. The molecule has 1 aliphatic rings. The summed E-state index contributed by atoms with van der Waals surface area (Å²) in [5, 5.41) is 6.63. The van der Waals surface area contributed by atoms with E-state index in [-0.39, 0.29) is 12.1 Å². The van der Waals surface area contributed by atoms with Gasteiger partial charge in [0.05, 0.1) is 6.33 Å². The van der Waals surface area contributed by atoms with Crippen molar-refractivity contribution < 1.29 is 4.39 Å². The van der Waals surface area contributed by atoms with Crippen molar-refractivity contribution in [2.24, 2.45) is 0 Å². The van der Waals surface area contributed by atoms with Crippen LogP contribution in [0, 0.1) is 6.08 Å². The third kappa shape index (κ3) is 2.33. The summed E-state index contributed by atoms with van der Waals surface area (Å²) in [7, 11) is 0. The van der Waals surface area contributed by atoms with Crippen LogP contribution in [-0.2, 0) is 0 Å². The van der Waals surface area contributed by atoms with Gasteiger partial charge in [-0.25, -0.2) is 4.98 Å². The van der Waals surface area contributed by atoms with Crippen LogP contribution in [0.4, 0.5) is 10.2 Å². The fraction of sp³-hybridized carbons (Fsp3) is 0.615. The highest BCUT2D eigenvalue weighted by molar-refractivity contribution is 5.82. The Morgan fingerprint density at radius 2 is 2.25 bits per heavy atom. The SMILES string of the molecule is CC(C)n1cnc2c(N[C@@H]3CN[C@H](C)C3)nc(F)nc21. The van der Waals surface area contributed by atoms with Crippen molar-refractivity contribution in [1.29, 1.82) is 0 Å². The van der Waals surface area contributed by atoms with Gasteiger partial charge in [0.25, 0.3) is 0 Å². The van der Waals surface area contributed by atoms with Crippen molar-refractivity contribution >= 4 is 17.0 Å². The molecule has 1 fully saturated rings. The van der Waals surface area contributed by atoms with Crippen molar-refractivity contribution in [2.45, 2.75) is 45.3 Å². The Hall–Kier alpha value is -1.76. The topological polar surface area (TPSA) is 67.7 Å². The van der Waals surface area contributed by atoms with Gasteiger partial charge in [-0.1, -0.05) is 0 Å². The van der Waals surface area contributed by atoms with Crippen LogP contribution in [-0.4, -0.2) is 38.1 Å². The van der Waals surface area contributed by atoms with Gasteiger partial charge in [0.2, 0.25) is 0 Å². The minimum atomic E-state index is -0.721. The van der Waals surface area contributed by atoms with Gasteiger partial charge in [0.15, 0.2) is 17.0 Å². The van der Waals surface area contributed by atoms with Crippen LogP contribution in [0.15, 0.2) is 6.33 Å². The maximum Gasteiger partial charge on any atom is 0.312 e. The summed E-state index contributed by atoms with van der Waals surface area (Å²) in [5.74, 6) is 0.479. The van der Waals surface area contributed by atoms with E-state index in [0.717, 1.165) is 13.0 Å². The number of hydrogen-bond acceptors (Lipinski definition) is 5. The zero-order chi connectivity index (χ0) is 14.3. The first-order valence-electron chi connectivity index (χ1n) is 6.94. The summed E-state index contributed by atoms with van der Waals surface area (Å²) in [6.45, 7) is 7.00. The molecule has 0 amide bonds. The summed E-state index contributed by atoms with van der Waals surface area (Å²) in [4.78, 5) is 12.1. The molecule has 0 spiro atoms. The van der Waals surface area contributed by atoms with Crippen LogP contribution in [0.2, 0.25) is 0 Å². The van der Waals surface area contributed by atoms with E-state index >= 15 is 0 Å². The van der Waals surface area contributed by atoms with Gasteiger partial charge in [-0.3, -0.25) is 0 Å². The minimum absolute atomic E-state index is 0.176. The Morgan fingerprint density at radius 1 is 1.45 bits per heavy atom. The van der Waals surface area contributed by atoms with Crippen LogP contribution >= 0.6 is 0 Å². The summed E-state index contributed by atoms with van der Waals surface area (Å²) in [6.07, 6.45) is 1.95. The first kappa shape index (κ1) is 13.2. The molecule has 0 aromatic carbocycles. The van der Waals surface area contributed by atoms with E-state index < -0.39 is 6.08 Å². The normalized spacial score (nSPS) is 22.9. The van der Waals surface area contributed by atoms with Gasteiger partial charge in [-0.2, -0.15) is 14.4 Å². The smallest absolute Gasteiger partial charge is 0.312 e. The zero-order valence-electron chi connectivity index (χ0n) is 11.9. The van der Waals surface area contributed by atoms with Crippen molar-refractivity contribution in [1.82, 2.24) is 24.8 Å². The Balaban J connectivity index is 1.98. The molecular weight excluding hydrogens is 259 g/mol. The van der Waals surface area contributed by atoms with E-state index in [4.69, 9.17) is 0 Å². The summed E-state index contributed by atoms with van der Waals surface area (Å²) in [6, 6.07) is 0.880. The van der Waals surface area contributed by atoms with Crippen LogP contribution in [0.1, 0.15) is 33.2 Å². The summed E-state index contributed by atoms with van der Waals surface area (Å²) < 4.78 is 15.5. The highest BCUT2D eigenvalue weighted by atomic mass is 19.1. The number of nitrogens with one attached hydrogen (secondary N) is 2. The van der Waals surface area contributed by atoms with E-state index in [2.05, 4.69) is 32.5 Å². The molecule has 20 heavy (non-hydrogen) atoms. The molecule has 0 radical (unpaired) electrons. The molecule has 1 saturated heterocycles. The van der Waals surface area contributed by atoms with E-state index in [0.29, 0.717) is 23.0 Å². The molecule has 6 nitrogen and oxygen atoms in total. The lowest BCUT2D eigenvalue weighted by atomic mass is 10.2. The standard InChI is InChI=1S/C13H19FN6/c1-7(2)20-6-16-10-11(18-13(14)19-12(10)20)17-9-4-8(3)15-5-9/h6-9,15H,4-5H2,1-3H3,(H,17,18,19)/t8-,9+/m1/s1. The number of hydrogen-bond donors (Lipinski definition) is 2. The van der Waals surface area contributed by atoms with E-state index in [1.54, 1.807) is 6.33 Å². The average Bonchev–Trinajstić information content (AvgIpc) is 2.95. The second kappa shape index (κ2) is 4.97. The first-order valence-corrected chi connectivity index (χ1v) is 6.94. The summed E-state index contributed by atoms with van der Waals surface area (Å²) >= 11 is 0.